The van der Waals surface area contributed by atoms with Crippen LogP contribution in [0.15, 0.2) is 30.5 Å². The zero-order valence-corrected chi connectivity index (χ0v) is 13.7. The maximum Gasteiger partial charge on any atom is 0.152 e. The molecule has 0 N–H and O–H groups in total. The summed E-state index contributed by atoms with van der Waals surface area (Å²) < 4.78 is 31.3. The van der Waals surface area contributed by atoms with Gasteiger partial charge in [0.15, 0.2) is 9.84 Å². The number of fused-ring (bicyclic) bond motifs is 1. The Hall–Kier alpha value is -1.49. The summed E-state index contributed by atoms with van der Waals surface area (Å²) in [4.78, 5) is 0. The molecule has 116 valence electrons. The van der Waals surface area contributed by atoms with Gasteiger partial charge in [-0.2, -0.15) is 0 Å². The summed E-state index contributed by atoms with van der Waals surface area (Å²) in [6.45, 7) is 6.37. The first-order valence-electron chi connectivity index (χ1n) is 7.37. The molecule has 21 heavy (non-hydrogen) atoms. The number of sulfone groups is 1. The molecule has 1 aromatic heterocycles. The van der Waals surface area contributed by atoms with Gasteiger partial charge in [-0.25, -0.2) is 8.42 Å². The van der Waals surface area contributed by atoms with E-state index in [0.717, 1.165) is 16.7 Å². The second kappa shape index (κ2) is 6.52. The Kier molecular flexibility index (Phi) is 4.93. The molecule has 0 aliphatic carbocycles. The first-order valence-corrected chi connectivity index (χ1v) is 9.19. The largest absolute Gasteiger partial charge is 0.491 e. The van der Waals surface area contributed by atoms with Crippen LogP contribution in [0.5, 0.6) is 5.75 Å². The Balaban J connectivity index is 2.15. The lowest BCUT2D eigenvalue weighted by Crippen LogP contribution is -2.15. The van der Waals surface area contributed by atoms with Crippen LogP contribution in [0.25, 0.3) is 10.9 Å². The van der Waals surface area contributed by atoms with Gasteiger partial charge in [-0.3, -0.25) is 0 Å². The fraction of sp³-hybridized carbons (Fsp3) is 0.500. The van der Waals surface area contributed by atoms with Crippen LogP contribution in [-0.4, -0.2) is 30.6 Å². The topological polar surface area (TPSA) is 48.3 Å². The van der Waals surface area contributed by atoms with Crippen LogP contribution in [0.3, 0.4) is 0 Å². The molecule has 0 spiro atoms. The fourth-order valence-corrected chi connectivity index (χ4v) is 3.67. The third-order valence-corrected chi connectivity index (χ3v) is 5.11. The molecule has 5 heteroatoms. The zero-order valence-electron chi connectivity index (χ0n) is 12.9. The molecule has 2 aromatic rings. The van der Waals surface area contributed by atoms with E-state index < -0.39 is 9.84 Å². The second-order valence-corrected chi connectivity index (χ2v) is 7.85. The van der Waals surface area contributed by atoms with Crippen molar-refractivity contribution in [1.82, 2.24) is 4.57 Å². The Morgan fingerprint density at radius 2 is 1.95 bits per heavy atom. The normalized spacial score (nSPS) is 12.2. The Morgan fingerprint density at radius 1 is 1.19 bits per heavy atom. The predicted molar refractivity (Wildman–Crippen MR) is 86.6 cm³/mol. The van der Waals surface area contributed by atoms with Crippen molar-refractivity contribution in [1.29, 1.82) is 0 Å². The lowest BCUT2D eigenvalue weighted by molar-refractivity contribution is 0.243. The fourth-order valence-electron chi connectivity index (χ4n) is 2.37. The predicted octanol–water partition coefficient (Wildman–Crippen LogP) is 3.25. The van der Waals surface area contributed by atoms with Crippen molar-refractivity contribution in [2.75, 3.05) is 11.5 Å². The third-order valence-electron chi connectivity index (χ3n) is 3.27. The van der Waals surface area contributed by atoms with Crippen molar-refractivity contribution in [3.8, 4) is 5.75 Å². The molecule has 0 saturated carbocycles. The van der Waals surface area contributed by atoms with Crippen molar-refractivity contribution < 1.29 is 13.2 Å². The summed E-state index contributed by atoms with van der Waals surface area (Å²) in [6.07, 6.45) is 2.75. The van der Waals surface area contributed by atoms with Crippen LogP contribution in [0, 0.1) is 0 Å². The highest BCUT2D eigenvalue weighted by Gasteiger charge is 2.11. The summed E-state index contributed by atoms with van der Waals surface area (Å²) in [5.74, 6) is 1.29. The number of rotatable bonds is 7. The molecule has 0 saturated heterocycles. The van der Waals surface area contributed by atoms with E-state index in [9.17, 15) is 8.42 Å². The van der Waals surface area contributed by atoms with Gasteiger partial charge in [-0.15, -0.1) is 0 Å². The summed E-state index contributed by atoms with van der Waals surface area (Å²) >= 11 is 0. The Labute approximate surface area is 126 Å². The molecule has 1 heterocycles. The van der Waals surface area contributed by atoms with E-state index in [4.69, 9.17) is 4.74 Å². The monoisotopic (exact) mass is 309 g/mol. The molecular weight excluding hydrogens is 286 g/mol. The second-order valence-electron chi connectivity index (χ2n) is 5.55. The minimum Gasteiger partial charge on any atom is -0.491 e. The average Bonchev–Trinajstić information content (AvgIpc) is 2.78. The number of nitrogens with zero attached hydrogens (tertiary/aromatic N) is 1. The molecule has 0 atom stereocenters. The minimum atomic E-state index is -2.95. The van der Waals surface area contributed by atoms with E-state index in [1.54, 1.807) is 0 Å². The minimum absolute atomic E-state index is 0.142. The first-order chi connectivity index (χ1) is 9.91. The molecule has 4 nitrogen and oxygen atoms in total. The van der Waals surface area contributed by atoms with Gasteiger partial charge in [0.05, 0.1) is 11.9 Å². The lowest BCUT2D eigenvalue weighted by Gasteiger charge is -2.10. The molecule has 0 radical (unpaired) electrons. The number of hydrogen-bond donors (Lipinski definition) is 0. The van der Waals surface area contributed by atoms with Gasteiger partial charge in [0.25, 0.3) is 0 Å². The lowest BCUT2D eigenvalue weighted by atomic mass is 10.2. The summed E-state index contributed by atoms with van der Waals surface area (Å²) in [5.41, 5.74) is 1.04. The van der Waals surface area contributed by atoms with E-state index in [1.165, 1.54) is 0 Å². The van der Waals surface area contributed by atoms with Crippen molar-refractivity contribution >= 4 is 20.7 Å². The van der Waals surface area contributed by atoms with E-state index in [-0.39, 0.29) is 17.6 Å². The molecule has 0 amide bonds. The van der Waals surface area contributed by atoms with Crippen LogP contribution in [0.2, 0.25) is 0 Å². The smallest absolute Gasteiger partial charge is 0.152 e. The maximum atomic E-state index is 11.8. The SMILES string of the molecule is CCCS(=O)(=O)CCn1ccc2cc(OC(C)C)ccc21. The van der Waals surface area contributed by atoms with E-state index in [2.05, 4.69) is 0 Å². The summed E-state index contributed by atoms with van der Waals surface area (Å²) in [7, 11) is -2.95. The van der Waals surface area contributed by atoms with Crippen molar-refractivity contribution in [2.45, 2.75) is 39.8 Å². The highest BCUT2D eigenvalue weighted by molar-refractivity contribution is 7.91. The number of benzene rings is 1. The first kappa shape index (κ1) is 15.9. The average molecular weight is 309 g/mol. The van der Waals surface area contributed by atoms with Crippen LogP contribution in [0.1, 0.15) is 27.2 Å². The van der Waals surface area contributed by atoms with Crippen molar-refractivity contribution in [2.24, 2.45) is 0 Å². The molecule has 0 aliphatic heterocycles. The Bertz CT molecular complexity index is 701. The molecule has 0 unspecified atom stereocenters. The van der Waals surface area contributed by atoms with Crippen LogP contribution in [0.4, 0.5) is 0 Å². The quantitative estimate of drug-likeness (QED) is 0.789. The standard InChI is InChI=1S/C16H23NO3S/c1-4-10-21(18,19)11-9-17-8-7-14-12-15(20-13(2)3)5-6-16(14)17/h5-8,12-13H,4,9-11H2,1-3H3. The Morgan fingerprint density at radius 3 is 2.62 bits per heavy atom. The third kappa shape index (κ3) is 4.24. The number of ether oxygens (including phenoxy) is 1. The van der Waals surface area contributed by atoms with E-state index in [1.807, 2.05) is 55.8 Å². The van der Waals surface area contributed by atoms with Gasteiger partial charge < -0.3 is 9.30 Å². The van der Waals surface area contributed by atoms with E-state index in [0.29, 0.717) is 13.0 Å². The summed E-state index contributed by atoms with van der Waals surface area (Å²) in [5, 5.41) is 1.07. The molecule has 2 rings (SSSR count). The van der Waals surface area contributed by atoms with E-state index >= 15 is 0 Å². The highest BCUT2D eigenvalue weighted by atomic mass is 32.2. The van der Waals surface area contributed by atoms with Gasteiger partial charge in [0, 0.05) is 29.4 Å². The zero-order chi connectivity index (χ0) is 15.5. The molecule has 0 fully saturated rings. The van der Waals surface area contributed by atoms with Gasteiger partial charge in [-0.05, 0) is 44.5 Å². The number of hydrogen-bond acceptors (Lipinski definition) is 3. The maximum absolute atomic E-state index is 11.8. The highest BCUT2D eigenvalue weighted by Crippen LogP contribution is 2.23. The number of aromatic nitrogens is 1. The number of aryl methyl sites for hydroxylation is 1. The van der Waals surface area contributed by atoms with Crippen LogP contribution < -0.4 is 4.74 Å². The van der Waals surface area contributed by atoms with Gasteiger partial charge >= 0.3 is 0 Å². The van der Waals surface area contributed by atoms with Crippen LogP contribution in [-0.2, 0) is 16.4 Å². The van der Waals surface area contributed by atoms with Crippen LogP contribution >= 0.6 is 0 Å². The molecule has 0 bridgehead atoms. The molecular formula is C16H23NO3S. The molecule has 1 aromatic carbocycles. The van der Waals surface area contributed by atoms with Gasteiger partial charge in [-0.1, -0.05) is 6.92 Å². The summed E-state index contributed by atoms with van der Waals surface area (Å²) in [6, 6.07) is 7.90. The van der Waals surface area contributed by atoms with Gasteiger partial charge in [0.2, 0.25) is 0 Å². The van der Waals surface area contributed by atoms with Crippen molar-refractivity contribution in [3.05, 3.63) is 30.5 Å². The van der Waals surface area contributed by atoms with Crippen molar-refractivity contribution in [3.63, 3.8) is 0 Å². The molecule has 0 aliphatic rings. The van der Waals surface area contributed by atoms with Gasteiger partial charge in [0.1, 0.15) is 5.75 Å².